The summed E-state index contributed by atoms with van der Waals surface area (Å²) >= 11 is 0. The zero-order chi connectivity index (χ0) is 15.8. The molecule has 0 atom stereocenters. The minimum absolute atomic E-state index is 0.154. The van der Waals surface area contributed by atoms with Gasteiger partial charge in [0.2, 0.25) is 0 Å². The van der Waals surface area contributed by atoms with E-state index in [0.717, 1.165) is 13.1 Å². The molecule has 0 aliphatic heterocycles. The van der Waals surface area contributed by atoms with Gasteiger partial charge in [0.05, 0.1) is 24.3 Å². The van der Waals surface area contributed by atoms with Gasteiger partial charge in [-0.2, -0.15) is 10.2 Å². The first-order valence-corrected chi connectivity index (χ1v) is 7.15. The average molecular weight is 288 g/mol. The number of nitrogens with zero attached hydrogens (tertiary/aromatic N) is 4. The Balaban J connectivity index is 4.48. The Morgan fingerprint density at radius 3 is 1.30 bits per heavy atom. The zero-order valence-electron chi connectivity index (χ0n) is 13.9. The highest BCUT2D eigenvalue weighted by Crippen LogP contribution is 2.17. The van der Waals surface area contributed by atoms with E-state index in [1.54, 1.807) is 0 Å². The minimum atomic E-state index is -0.281. The molecule has 0 saturated heterocycles. The molecule has 0 rings (SSSR count). The Bertz CT molecular complexity index is 265. The molecule has 2 N–H and O–H groups in total. The molecule has 0 fully saturated rings. The van der Waals surface area contributed by atoms with E-state index in [4.69, 9.17) is 10.2 Å². The van der Waals surface area contributed by atoms with Gasteiger partial charge < -0.3 is 20.0 Å². The minimum Gasteiger partial charge on any atom is -0.395 e. The van der Waals surface area contributed by atoms with E-state index in [1.807, 2.05) is 51.6 Å². The Morgan fingerprint density at radius 1 is 0.750 bits per heavy atom. The predicted octanol–water partition coefficient (Wildman–Crippen LogP) is 0.844. The van der Waals surface area contributed by atoms with E-state index in [9.17, 15) is 0 Å². The molecule has 0 amide bonds. The smallest absolute Gasteiger partial charge is 0.0886 e. The summed E-state index contributed by atoms with van der Waals surface area (Å²) in [6, 6.07) is 0. The predicted molar refractivity (Wildman–Crippen MR) is 82.2 cm³/mol. The van der Waals surface area contributed by atoms with Gasteiger partial charge in [-0.1, -0.05) is 0 Å². The molecule has 0 aromatic rings. The molecular formula is C14H32N4O2. The second-order valence-electron chi connectivity index (χ2n) is 6.75. The van der Waals surface area contributed by atoms with Gasteiger partial charge in [-0.3, -0.25) is 0 Å². The van der Waals surface area contributed by atoms with Gasteiger partial charge in [0.1, 0.15) is 0 Å². The van der Waals surface area contributed by atoms with Gasteiger partial charge in [-0.15, -0.1) is 0 Å². The Labute approximate surface area is 123 Å². The van der Waals surface area contributed by atoms with Crippen LogP contribution in [-0.4, -0.2) is 84.6 Å². The number of azo groups is 1. The van der Waals surface area contributed by atoms with E-state index >= 15 is 0 Å². The van der Waals surface area contributed by atoms with Crippen molar-refractivity contribution in [2.75, 3.05) is 53.5 Å². The van der Waals surface area contributed by atoms with Gasteiger partial charge in [-0.25, -0.2) is 0 Å². The summed E-state index contributed by atoms with van der Waals surface area (Å²) in [4.78, 5) is 4.09. The molecule has 20 heavy (non-hydrogen) atoms. The molecule has 0 bridgehead atoms. The van der Waals surface area contributed by atoms with Crippen LogP contribution < -0.4 is 0 Å². The van der Waals surface area contributed by atoms with Crippen LogP contribution in [-0.2, 0) is 0 Å². The van der Waals surface area contributed by atoms with Gasteiger partial charge >= 0.3 is 0 Å². The van der Waals surface area contributed by atoms with Crippen LogP contribution in [0.5, 0.6) is 0 Å². The summed E-state index contributed by atoms with van der Waals surface area (Å²) in [5, 5.41) is 26.8. The van der Waals surface area contributed by atoms with Crippen molar-refractivity contribution >= 4 is 0 Å². The van der Waals surface area contributed by atoms with Crippen LogP contribution in [0.2, 0.25) is 0 Å². The van der Waals surface area contributed by atoms with Crippen molar-refractivity contribution in [3.63, 3.8) is 0 Å². The quantitative estimate of drug-likeness (QED) is 0.585. The van der Waals surface area contributed by atoms with E-state index < -0.39 is 0 Å². The normalized spacial score (nSPS) is 13.9. The van der Waals surface area contributed by atoms with Crippen LogP contribution in [0.15, 0.2) is 10.2 Å². The maximum Gasteiger partial charge on any atom is 0.0886 e. The molecular weight excluding hydrogens is 256 g/mol. The Morgan fingerprint density at radius 2 is 1.05 bits per heavy atom. The van der Waals surface area contributed by atoms with Crippen LogP contribution in [0.4, 0.5) is 0 Å². The third-order valence-electron chi connectivity index (χ3n) is 2.87. The van der Waals surface area contributed by atoms with Crippen LogP contribution in [0.25, 0.3) is 0 Å². The fraction of sp³-hybridized carbons (Fsp3) is 1.00. The van der Waals surface area contributed by atoms with Crippen molar-refractivity contribution in [3.8, 4) is 0 Å². The number of hydrogen-bond donors (Lipinski definition) is 2. The largest absolute Gasteiger partial charge is 0.395 e. The van der Waals surface area contributed by atoms with Crippen LogP contribution in [0, 0.1) is 0 Å². The van der Waals surface area contributed by atoms with Crippen molar-refractivity contribution in [1.29, 1.82) is 0 Å². The maximum atomic E-state index is 8.92. The standard InChI is InChI=1S/C14H32N4O2/c1-13(2,11-17(5)7-9-19)15-16-14(3,4)12-18(6)8-10-20/h19-20H,7-12H2,1-6H3. The first kappa shape index (κ1) is 19.4. The fourth-order valence-corrected chi connectivity index (χ4v) is 2.15. The summed E-state index contributed by atoms with van der Waals surface area (Å²) in [5.74, 6) is 0. The average Bonchev–Trinajstić information content (AvgIpc) is 2.26. The highest BCUT2D eigenvalue weighted by atomic mass is 16.3. The van der Waals surface area contributed by atoms with Gasteiger partial charge in [0, 0.05) is 26.2 Å². The highest BCUT2D eigenvalue weighted by molar-refractivity contribution is 4.84. The summed E-state index contributed by atoms with van der Waals surface area (Å²) in [7, 11) is 3.93. The molecule has 6 nitrogen and oxygen atoms in total. The Kier molecular flexibility index (Phi) is 8.42. The molecule has 6 heteroatoms. The monoisotopic (exact) mass is 288 g/mol. The highest BCUT2D eigenvalue weighted by Gasteiger charge is 2.23. The zero-order valence-corrected chi connectivity index (χ0v) is 13.9. The van der Waals surface area contributed by atoms with E-state index in [1.165, 1.54) is 0 Å². The molecule has 0 radical (unpaired) electrons. The van der Waals surface area contributed by atoms with Crippen LogP contribution in [0.1, 0.15) is 27.7 Å². The van der Waals surface area contributed by atoms with E-state index in [0.29, 0.717) is 13.1 Å². The summed E-state index contributed by atoms with van der Waals surface area (Å²) in [5.41, 5.74) is -0.562. The molecule has 0 aliphatic carbocycles. The first-order valence-electron chi connectivity index (χ1n) is 7.15. The number of likely N-dealkylation sites (N-methyl/N-ethyl adjacent to an activating group) is 2. The second-order valence-corrected chi connectivity index (χ2v) is 6.75. The lowest BCUT2D eigenvalue weighted by Crippen LogP contribution is -2.39. The van der Waals surface area contributed by atoms with Crippen molar-refractivity contribution in [1.82, 2.24) is 9.80 Å². The number of aliphatic hydroxyl groups excluding tert-OH is 2. The lowest BCUT2D eigenvalue weighted by Gasteiger charge is -2.29. The van der Waals surface area contributed by atoms with Gasteiger partial charge in [0.25, 0.3) is 0 Å². The van der Waals surface area contributed by atoms with E-state index in [-0.39, 0.29) is 24.3 Å². The molecule has 0 saturated carbocycles. The lowest BCUT2D eigenvalue weighted by molar-refractivity contribution is 0.186. The van der Waals surface area contributed by atoms with Crippen molar-refractivity contribution < 1.29 is 10.2 Å². The molecule has 0 aromatic carbocycles. The summed E-state index contributed by atoms with van der Waals surface area (Å²) in [6.45, 7) is 11.2. The number of hydrogen-bond acceptors (Lipinski definition) is 6. The third-order valence-corrected chi connectivity index (χ3v) is 2.87. The molecule has 120 valence electrons. The summed E-state index contributed by atoms with van der Waals surface area (Å²) in [6.07, 6.45) is 0. The first-order chi connectivity index (χ1) is 9.12. The molecule has 0 heterocycles. The van der Waals surface area contributed by atoms with Gasteiger partial charge in [-0.05, 0) is 41.8 Å². The second kappa shape index (κ2) is 8.67. The topological polar surface area (TPSA) is 71.7 Å². The number of rotatable bonds is 10. The van der Waals surface area contributed by atoms with Crippen molar-refractivity contribution in [3.05, 3.63) is 0 Å². The van der Waals surface area contributed by atoms with Crippen LogP contribution >= 0.6 is 0 Å². The summed E-state index contributed by atoms with van der Waals surface area (Å²) < 4.78 is 0. The number of aliphatic hydroxyl groups is 2. The third kappa shape index (κ3) is 9.36. The van der Waals surface area contributed by atoms with Crippen LogP contribution in [0.3, 0.4) is 0 Å². The molecule has 0 aromatic heterocycles. The molecule has 0 aliphatic rings. The van der Waals surface area contributed by atoms with Gasteiger partial charge in [0.15, 0.2) is 0 Å². The Hall–Kier alpha value is -0.560. The molecule has 0 spiro atoms. The van der Waals surface area contributed by atoms with Crippen molar-refractivity contribution in [2.45, 2.75) is 38.8 Å². The lowest BCUT2D eigenvalue weighted by atomic mass is 10.1. The van der Waals surface area contributed by atoms with Crippen molar-refractivity contribution in [2.24, 2.45) is 10.2 Å². The molecule has 0 unspecified atom stereocenters. The SMILES string of the molecule is CN(CCO)CC(C)(C)N=NC(C)(C)CN(C)CCO. The van der Waals surface area contributed by atoms with E-state index in [2.05, 4.69) is 10.2 Å². The maximum absolute atomic E-state index is 8.92. The fourth-order valence-electron chi connectivity index (χ4n) is 2.15.